The maximum atomic E-state index is 12.9. The van der Waals surface area contributed by atoms with Crippen molar-refractivity contribution in [2.24, 2.45) is 17.3 Å². The van der Waals surface area contributed by atoms with E-state index in [9.17, 15) is 4.79 Å². The topological polar surface area (TPSA) is 38.8 Å². The van der Waals surface area contributed by atoms with Gasteiger partial charge in [0.2, 0.25) is 8.32 Å². The lowest BCUT2D eigenvalue weighted by atomic mass is 9.58. The van der Waals surface area contributed by atoms with Gasteiger partial charge >= 0.3 is 6.09 Å². The fourth-order valence-corrected chi connectivity index (χ4v) is 13.8. The van der Waals surface area contributed by atoms with Crippen molar-refractivity contribution < 1.29 is 14.0 Å². The molecular weight excluding hydrogens is 450 g/mol. The normalized spacial score (nSPS) is 30.5. The van der Waals surface area contributed by atoms with Gasteiger partial charge in [-0.25, -0.2) is 4.79 Å². The lowest BCUT2D eigenvalue weighted by Gasteiger charge is -2.55. The first-order chi connectivity index (χ1) is 16.2. The van der Waals surface area contributed by atoms with E-state index in [2.05, 4.69) is 54.5 Å². The SMILES string of the molecule is CC(C)[Si](O[C@H]1C[C@H](C)C[C@@H]2CC=C3CCCN(C(=O)OC(C)(C)C)CCC[C@@]321)(C(C)C)C(C)C. The van der Waals surface area contributed by atoms with Crippen LogP contribution >= 0.6 is 0 Å². The van der Waals surface area contributed by atoms with Crippen molar-refractivity contribution in [1.29, 1.82) is 0 Å². The number of carbonyl (C=O) groups excluding carboxylic acids is 1. The summed E-state index contributed by atoms with van der Waals surface area (Å²) in [6.45, 7) is 24.4. The Hall–Kier alpha value is -0.813. The molecule has 1 saturated heterocycles. The Morgan fingerprint density at radius 2 is 1.63 bits per heavy atom. The molecule has 1 spiro atoms. The summed E-state index contributed by atoms with van der Waals surface area (Å²) < 4.78 is 13.4. The summed E-state index contributed by atoms with van der Waals surface area (Å²) in [6.07, 6.45) is 10.7. The summed E-state index contributed by atoms with van der Waals surface area (Å²) >= 11 is 0. The van der Waals surface area contributed by atoms with Crippen molar-refractivity contribution in [2.45, 2.75) is 143 Å². The third-order valence-electron chi connectivity index (χ3n) is 9.45. The van der Waals surface area contributed by atoms with E-state index in [1.807, 2.05) is 25.7 Å². The van der Waals surface area contributed by atoms with E-state index in [0.717, 1.165) is 38.8 Å². The molecular formula is C30H55NO3Si. The molecule has 3 aliphatic rings. The van der Waals surface area contributed by atoms with E-state index < -0.39 is 13.9 Å². The number of rotatable bonds is 5. The predicted molar refractivity (Wildman–Crippen MR) is 149 cm³/mol. The zero-order chi connectivity index (χ0) is 26.2. The summed E-state index contributed by atoms with van der Waals surface area (Å²) in [5.41, 5.74) is 3.17. The first kappa shape index (κ1) is 28.8. The third kappa shape index (κ3) is 5.71. The first-order valence-electron chi connectivity index (χ1n) is 14.6. The number of nitrogens with zero attached hydrogens (tertiary/aromatic N) is 1. The van der Waals surface area contributed by atoms with Gasteiger partial charge in [0.15, 0.2) is 0 Å². The van der Waals surface area contributed by atoms with Gasteiger partial charge in [0, 0.05) is 18.5 Å². The largest absolute Gasteiger partial charge is 0.444 e. The number of allylic oxidation sites excluding steroid dienone is 1. The quantitative estimate of drug-likeness (QED) is 0.277. The van der Waals surface area contributed by atoms with E-state index in [-0.39, 0.29) is 11.5 Å². The number of amides is 1. The van der Waals surface area contributed by atoms with Gasteiger partial charge in [0.05, 0.1) is 6.10 Å². The minimum absolute atomic E-state index is 0.150. The Kier molecular flexibility index (Phi) is 8.95. The van der Waals surface area contributed by atoms with Gasteiger partial charge in [-0.3, -0.25) is 0 Å². The molecule has 2 aliphatic carbocycles. The highest BCUT2D eigenvalue weighted by atomic mass is 28.4. The van der Waals surface area contributed by atoms with Crippen molar-refractivity contribution >= 4 is 14.4 Å². The van der Waals surface area contributed by atoms with Crippen molar-refractivity contribution in [3.63, 3.8) is 0 Å². The number of carbonyl (C=O) groups is 1. The Bertz CT molecular complexity index is 746. The van der Waals surface area contributed by atoms with Gasteiger partial charge in [0.25, 0.3) is 0 Å². The molecule has 0 unspecified atom stereocenters. The number of ether oxygens (including phenoxy) is 1. The molecule has 4 nitrogen and oxygen atoms in total. The maximum absolute atomic E-state index is 12.9. The van der Waals surface area contributed by atoms with Gasteiger partial charge in [-0.05, 0) is 94.2 Å². The second kappa shape index (κ2) is 10.9. The molecule has 202 valence electrons. The van der Waals surface area contributed by atoms with Crippen LogP contribution in [-0.2, 0) is 9.16 Å². The summed E-state index contributed by atoms with van der Waals surface area (Å²) in [5, 5.41) is 0. The Morgan fingerprint density at radius 1 is 1.03 bits per heavy atom. The van der Waals surface area contributed by atoms with Crippen LogP contribution in [-0.4, -0.2) is 44.1 Å². The predicted octanol–water partition coefficient (Wildman–Crippen LogP) is 8.72. The van der Waals surface area contributed by atoms with Crippen LogP contribution < -0.4 is 0 Å². The molecule has 1 aliphatic heterocycles. The smallest absolute Gasteiger partial charge is 0.410 e. The first-order valence-corrected chi connectivity index (χ1v) is 16.7. The second-order valence-electron chi connectivity index (χ2n) is 13.9. The highest BCUT2D eigenvalue weighted by molar-refractivity contribution is 6.77. The minimum atomic E-state index is -2.00. The summed E-state index contributed by atoms with van der Waals surface area (Å²) in [6, 6.07) is 0. The van der Waals surface area contributed by atoms with Gasteiger partial charge in [-0.2, -0.15) is 0 Å². The molecule has 0 radical (unpaired) electrons. The van der Waals surface area contributed by atoms with Crippen molar-refractivity contribution in [3.8, 4) is 0 Å². The summed E-state index contributed by atoms with van der Waals surface area (Å²) in [7, 11) is -2.00. The highest BCUT2D eigenvalue weighted by Crippen LogP contribution is 2.60. The monoisotopic (exact) mass is 505 g/mol. The molecule has 1 saturated carbocycles. The van der Waals surface area contributed by atoms with Crippen LogP contribution in [0.25, 0.3) is 0 Å². The van der Waals surface area contributed by atoms with Crippen LogP contribution in [0.1, 0.15) is 114 Å². The summed E-state index contributed by atoms with van der Waals surface area (Å²) in [4.78, 5) is 14.9. The molecule has 5 heteroatoms. The molecule has 0 aromatic heterocycles. The molecule has 4 atom stereocenters. The number of hydrogen-bond acceptors (Lipinski definition) is 3. The molecule has 0 bridgehead atoms. The van der Waals surface area contributed by atoms with Crippen LogP contribution in [0.15, 0.2) is 11.6 Å². The van der Waals surface area contributed by atoms with Crippen LogP contribution in [0.2, 0.25) is 16.6 Å². The van der Waals surface area contributed by atoms with Crippen LogP contribution in [0.4, 0.5) is 4.79 Å². The maximum Gasteiger partial charge on any atom is 0.410 e. The third-order valence-corrected chi connectivity index (χ3v) is 15.6. The lowest BCUT2D eigenvalue weighted by molar-refractivity contribution is -0.0398. The molecule has 3 rings (SSSR count). The molecule has 1 heterocycles. The summed E-state index contributed by atoms with van der Waals surface area (Å²) in [5.74, 6) is 1.41. The lowest BCUT2D eigenvalue weighted by Crippen LogP contribution is -2.57. The van der Waals surface area contributed by atoms with E-state index in [0.29, 0.717) is 34.6 Å². The number of hydrogen-bond donors (Lipinski definition) is 0. The molecule has 35 heavy (non-hydrogen) atoms. The Morgan fingerprint density at radius 3 is 2.20 bits per heavy atom. The van der Waals surface area contributed by atoms with E-state index in [1.165, 1.54) is 19.3 Å². The molecule has 1 amide bonds. The zero-order valence-electron chi connectivity index (χ0n) is 24.6. The fourth-order valence-electron chi connectivity index (χ4n) is 8.19. The van der Waals surface area contributed by atoms with E-state index >= 15 is 0 Å². The standard InChI is InChI=1S/C30H55NO3Si/c1-21(2)35(22(3)4,23(5)6)34-27-20-24(7)19-26-15-14-25-13-11-17-31(18-12-16-30(25,26)27)28(32)33-29(8,9)10/h14,21-24,26-27H,11-13,15-20H2,1-10H3/t24-,26+,27+,30-/m1/s1. The highest BCUT2D eigenvalue weighted by Gasteiger charge is 2.57. The van der Waals surface area contributed by atoms with Crippen molar-refractivity contribution in [2.75, 3.05) is 13.1 Å². The minimum Gasteiger partial charge on any atom is -0.444 e. The average molecular weight is 506 g/mol. The van der Waals surface area contributed by atoms with Gasteiger partial charge in [-0.1, -0.05) is 60.1 Å². The molecule has 0 N–H and O–H groups in total. The van der Waals surface area contributed by atoms with Crippen LogP contribution in [0.3, 0.4) is 0 Å². The van der Waals surface area contributed by atoms with E-state index in [4.69, 9.17) is 9.16 Å². The van der Waals surface area contributed by atoms with Gasteiger partial charge in [-0.15, -0.1) is 0 Å². The second-order valence-corrected chi connectivity index (χ2v) is 19.3. The van der Waals surface area contributed by atoms with Gasteiger partial charge in [0.1, 0.15) is 5.60 Å². The average Bonchev–Trinajstić information content (AvgIpc) is 3.09. The molecule has 0 aromatic carbocycles. The van der Waals surface area contributed by atoms with Crippen molar-refractivity contribution in [1.82, 2.24) is 4.90 Å². The zero-order valence-corrected chi connectivity index (χ0v) is 25.6. The molecule has 2 fully saturated rings. The fraction of sp³-hybridized carbons (Fsp3) is 0.900. The molecule has 0 aromatic rings. The van der Waals surface area contributed by atoms with Crippen LogP contribution in [0.5, 0.6) is 0 Å². The Balaban J connectivity index is 1.93. The van der Waals surface area contributed by atoms with E-state index in [1.54, 1.807) is 5.57 Å². The Labute approximate surface area is 217 Å². The van der Waals surface area contributed by atoms with Crippen LogP contribution in [0, 0.1) is 17.3 Å². The van der Waals surface area contributed by atoms with Crippen molar-refractivity contribution in [3.05, 3.63) is 11.6 Å². The van der Waals surface area contributed by atoms with Gasteiger partial charge < -0.3 is 14.1 Å².